The van der Waals surface area contributed by atoms with Gasteiger partial charge in [-0.15, -0.1) is 0 Å². The molecule has 2 aliphatic heterocycles. The first-order chi connectivity index (χ1) is 24.7. The van der Waals surface area contributed by atoms with Gasteiger partial charge in [0, 0.05) is 5.41 Å². The molecule has 18 unspecified atom stereocenters. The highest BCUT2D eigenvalue weighted by Gasteiger charge is 2.70. The van der Waals surface area contributed by atoms with E-state index in [4.69, 9.17) is 18.9 Å². The van der Waals surface area contributed by atoms with E-state index in [0.29, 0.717) is 18.8 Å². The molecule has 4 saturated carbocycles. The summed E-state index contributed by atoms with van der Waals surface area (Å²) in [4.78, 5) is 13.0. The highest BCUT2D eigenvalue weighted by molar-refractivity contribution is 5.76. The van der Waals surface area contributed by atoms with Gasteiger partial charge in [-0.25, -0.2) is 0 Å². The number of fused-ring (bicyclic) bond motifs is 7. The van der Waals surface area contributed by atoms with Crippen LogP contribution in [0.4, 0.5) is 0 Å². The monoisotopic (exact) mass is 750 g/mol. The fourth-order valence-electron chi connectivity index (χ4n) is 13.3. The molecule has 0 bridgehead atoms. The van der Waals surface area contributed by atoms with Crippen LogP contribution < -0.4 is 0 Å². The molecule has 7 N–H and O–H groups in total. The highest BCUT2D eigenvalue weighted by atomic mass is 16.8. The summed E-state index contributed by atoms with van der Waals surface area (Å²) in [6.07, 6.45) is -1.73. The number of aliphatic hydroxyl groups is 6. The summed E-state index contributed by atoms with van der Waals surface area (Å²) in [6, 6.07) is 0. The van der Waals surface area contributed by atoms with Crippen LogP contribution in [-0.4, -0.2) is 116 Å². The highest BCUT2D eigenvalue weighted by Crippen LogP contribution is 2.76. The van der Waals surface area contributed by atoms with Gasteiger partial charge in [-0.3, -0.25) is 4.79 Å². The molecule has 12 nitrogen and oxygen atoms in total. The molecule has 0 aromatic heterocycles. The van der Waals surface area contributed by atoms with Crippen molar-refractivity contribution in [1.29, 1.82) is 0 Å². The average molecular weight is 751 g/mol. The molecule has 12 heteroatoms. The lowest BCUT2D eigenvalue weighted by atomic mass is 9.33. The summed E-state index contributed by atoms with van der Waals surface area (Å²) < 4.78 is 24.3. The molecular weight excluding hydrogens is 684 g/mol. The molecule has 2 heterocycles. The maximum Gasteiger partial charge on any atom is 0.310 e. The minimum absolute atomic E-state index is 0.0352. The van der Waals surface area contributed by atoms with Crippen LogP contribution in [0.25, 0.3) is 0 Å². The zero-order valence-electron chi connectivity index (χ0n) is 32.7. The summed E-state index contributed by atoms with van der Waals surface area (Å²) in [5, 5.41) is 74.8. The van der Waals surface area contributed by atoms with E-state index in [2.05, 4.69) is 47.6 Å². The Morgan fingerprint density at radius 1 is 0.830 bits per heavy atom. The van der Waals surface area contributed by atoms with Gasteiger partial charge in [0.1, 0.15) is 36.6 Å². The first-order valence-electron chi connectivity index (χ1n) is 20.2. The van der Waals surface area contributed by atoms with Crippen LogP contribution in [0.2, 0.25) is 0 Å². The smallest absolute Gasteiger partial charge is 0.310 e. The predicted octanol–water partition coefficient (Wildman–Crippen LogP) is 3.52. The van der Waals surface area contributed by atoms with Gasteiger partial charge in [-0.1, -0.05) is 53.2 Å². The summed E-state index contributed by atoms with van der Waals surface area (Å²) in [5.41, 5.74) is -0.251. The average Bonchev–Trinajstić information content (AvgIpc) is 3.10. The molecule has 0 aromatic rings. The van der Waals surface area contributed by atoms with E-state index in [9.17, 15) is 40.5 Å². The third-order valence-corrected chi connectivity index (χ3v) is 17.0. The van der Waals surface area contributed by atoms with Crippen LogP contribution in [-0.2, 0) is 23.7 Å². The molecule has 0 aromatic carbocycles. The Hall–Kier alpha value is -1.19. The maximum absolute atomic E-state index is 13.0. The lowest BCUT2D eigenvalue weighted by Gasteiger charge is -2.71. The molecule has 2 saturated heterocycles. The quantitative estimate of drug-likeness (QED) is 0.155. The van der Waals surface area contributed by atoms with Crippen LogP contribution in [0.15, 0.2) is 11.6 Å². The molecule has 7 aliphatic rings. The SMILES string of the molecule is CC1OC(OC2CCC3(C)C(CCC4(C)C3CC=C3C5CC(C)(C)CCC5(C(=O)O)CCC34C)C2(C)CO)C(OC2OCC(O)C(O)C2O)C(O)C1O. The second kappa shape index (κ2) is 13.5. The van der Waals surface area contributed by atoms with E-state index in [1.54, 1.807) is 6.92 Å². The van der Waals surface area contributed by atoms with Gasteiger partial charge in [0.25, 0.3) is 0 Å². The van der Waals surface area contributed by atoms with Crippen molar-refractivity contribution in [3.8, 4) is 0 Å². The molecule has 0 amide bonds. The van der Waals surface area contributed by atoms with E-state index in [-0.39, 0.29) is 46.7 Å². The first kappa shape index (κ1) is 40.0. The molecule has 0 spiro atoms. The molecular formula is C41H66O12. The first-order valence-corrected chi connectivity index (χ1v) is 20.2. The van der Waals surface area contributed by atoms with Gasteiger partial charge in [-0.2, -0.15) is 0 Å². The van der Waals surface area contributed by atoms with Crippen molar-refractivity contribution in [2.75, 3.05) is 13.2 Å². The summed E-state index contributed by atoms with van der Waals surface area (Å²) >= 11 is 0. The number of ether oxygens (including phenoxy) is 4. The van der Waals surface area contributed by atoms with Gasteiger partial charge < -0.3 is 54.7 Å². The van der Waals surface area contributed by atoms with Crippen molar-refractivity contribution in [3.63, 3.8) is 0 Å². The van der Waals surface area contributed by atoms with E-state index in [1.165, 1.54) is 5.57 Å². The summed E-state index contributed by atoms with van der Waals surface area (Å²) in [5.74, 6) is -0.200. The molecule has 5 aliphatic carbocycles. The van der Waals surface area contributed by atoms with Gasteiger partial charge >= 0.3 is 5.97 Å². The van der Waals surface area contributed by atoms with Crippen molar-refractivity contribution in [1.82, 2.24) is 0 Å². The fourth-order valence-corrected chi connectivity index (χ4v) is 13.3. The third kappa shape index (κ3) is 5.85. The minimum atomic E-state index is -1.61. The Morgan fingerprint density at radius 2 is 1.53 bits per heavy atom. The van der Waals surface area contributed by atoms with Crippen molar-refractivity contribution in [2.24, 2.45) is 50.2 Å². The van der Waals surface area contributed by atoms with E-state index in [0.717, 1.165) is 51.4 Å². The topological polar surface area (TPSA) is 196 Å². The lowest BCUT2D eigenvalue weighted by Crippen LogP contribution is -2.67. The zero-order valence-corrected chi connectivity index (χ0v) is 32.7. The zero-order chi connectivity index (χ0) is 38.7. The number of carboxylic acid groups (broad SMARTS) is 1. The number of carbonyl (C=O) groups is 1. The van der Waals surface area contributed by atoms with Crippen molar-refractivity contribution in [3.05, 3.63) is 11.6 Å². The molecule has 7 rings (SSSR count). The molecule has 0 radical (unpaired) electrons. The second-order valence-electron chi connectivity index (χ2n) is 20.0. The number of hydrogen-bond acceptors (Lipinski definition) is 11. The number of hydrogen-bond donors (Lipinski definition) is 7. The third-order valence-electron chi connectivity index (χ3n) is 17.0. The Kier molecular flexibility index (Phi) is 10.2. The van der Waals surface area contributed by atoms with E-state index < -0.39 is 78.2 Å². The van der Waals surface area contributed by atoms with Crippen LogP contribution >= 0.6 is 0 Å². The number of aliphatic carboxylic acids is 1. The maximum atomic E-state index is 13.0. The minimum Gasteiger partial charge on any atom is -0.481 e. The van der Waals surface area contributed by atoms with E-state index >= 15 is 0 Å². The standard InChI is InChI=1S/C41H66O12/c1-21-28(44)30(46)32(53-33-31(47)29(45)24(43)19-50-33)34(51-21)52-27-11-12-37(4)25(38(27,5)20-42)10-13-40(7)26(37)9-8-22-23-18-36(2,3)14-16-41(23,35(48)49)17-15-39(22,40)6/h8,21,23-34,42-47H,9-20H2,1-7H3,(H,48,49). The van der Waals surface area contributed by atoms with E-state index in [1.807, 2.05) is 0 Å². The van der Waals surface area contributed by atoms with Crippen LogP contribution in [0.1, 0.15) is 113 Å². The predicted molar refractivity (Wildman–Crippen MR) is 192 cm³/mol. The van der Waals surface area contributed by atoms with Crippen molar-refractivity contribution >= 4 is 5.97 Å². The van der Waals surface area contributed by atoms with Gasteiger partial charge in [0.15, 0.2) is 12.6 Å². The number of carboxylic acids is 1. The lowest BCUT2D eigenvalue weighted by molar-refractivity contribution is -0.368. The summed E-state index contributed by atoms with van der Waals surface area (Å²) in [7, 11) is 0. The van der Waals surface area contributed by atoms with Crippen LogP contribution in [0.3, 0.4) is 0 Å². The Labute approximate surface area is 314 Å². The summed E-state index contributed by atoms with van der Waals surface area (Å²) in [6.45, 7) is 15.2. The number of aliphatic hydroxyl groups excluding tert-OH is 6. The second-order valence-corrected chi connectivity index (χ2v) is 20.0. The number of rotatable bonds is 6. The molecule has 53 heavy (non-hydrogen) atoms. The van der Waals surface area contributed by atoms with Crippen LogP contribution in [0, 0.1) is 50.2 Å². The van der Waals surface area contributed by atoms with Crippen molar-refractivity contribution < 1.29 is 59.5 Å². The molecule has 302 valence electrons. The van der Waals surface area contributed by atoms with Gasteiger partial charge in [0.05, 0.1) is 30.8 Å². The fraction of sp³-hybridized carbons (Fsp3) is 0.927. The largest absolute Gasteiger partial charge is 0.481 e. The molecule has 6 fully saturated rings. The number of allylic oxidation sites excluding steroid dienone is 2. The Morgan fingerprint density at radius 3 is 2.21 bits per heavy atom. The van der Waals surface area contributed by atoms with Gasteiger partial charge in [-0.05, 0) is 111 Å². The Balaban J connectivity index is 1.16. The normalized spacial score (nSPS) is 55.1. The molecule has 18 atom stereocenters. The van der Waals surface area contributed by atoms with Crippen LogP contribution in [0.5, 0.6) is 0 Å². The Bertz CT molecular complexity index is 1440. The van der Waals surface area contributed by atoms with Crippen molar-refractivity contribution in [2.45, 2.75) is 174 Å². The van der Waals surface area contributed by atoms with Gasteiger partial charge in [0.2, 0.25) is 0 Å².